The van der Waals surface area contributed by atoms with E-state index in [-0.39, 0.29) is 17.0 Å². The molecule has 5 nitrogen and oxygen atoms in total. The van der Waals surface area contributed by atoms with Gasteiger partial charge in [0, 0.05) is 6.07 Å². The number of rotatable bonds is 4. The zero-order chi connectivity index (χ0) is 18.8. The van der Waals surface area contributed by atoms with Gasteiger partial charge in [0.05, 0.1) is 19.2 Å². The number of methoxy groups -OCH3 is 1. The lowest BCUT2D eigenvalue weighted by atomic mass is 10.1. The molecule has 0 aliphatic rings. The van der Waals surface area contributed by atoms with E-state index in [2.05, 4.69) is 0 Å². The van der Waals surface area contributed by atoms with Crippen LogP contribution in [-0.2, 0) is 6.54 Å². The number of hydrogen-bond acceptors (Lipinski definition) is 3. The van der Waals surface area contributed by atoms with Gasteiger partial charge in [-0.2, -0.15) is 4.40 Å². The van der Waals surface area contributed by atoms with Crippen LogP contribution in [-0.4, -0.2) is 11.5 Å². The average molecular weight is 358 g/mol. The van der Waals surface area contributed by atoms with Crippen LogP contribution in [0.3, 0.4) is 0 Å². The minimum Gasteiger partial charge on any atom is -0.842 e. The average Bonchev–Trinajstić information content (AvgIpc) is 2.72. The molecule has 2 heterocycles. The number of nitrogens with zero attached hydrogens (tertiary/aromatic N) is 2. The lowest BCUT2D eigenvalue weighted by Crippen LogP contribution is -2.44. The summed E-state index contributed by atoms with van der Waals surface area (Å²) in [7, 11) is 1.61. The Kier molecular flexibility index (Phi) is 4.34. The maximum absolute atomic E-state index is 13.3. The van der Waals surface area contributed by atoms with E-state index in [0.29, 0.717) is 17.8 Å². The number of pyridine rings is 1. The van der Waals surface area contributed by atoms with Crippen molar-refractivity contribution >= 4 is 5.65 Å². The molecule has 0 unspecified atom stereocenters. The third-order valence-electron chi connectivity index (χ3n) is 4.57. The summed E-state index contributed by atoms with van der Waals surface area (Å²) >= 11 is 0. The van der Waals surface area contributed by atoms with Crippen molar-refractivity contribution in [1.29, 1.82) is 0 Å². The Morgan fingerprint density at radius 2 is 1.67 bits per heavy atom. The smallest absolute Gasteiger partial charge is 0.349 e. The van der Waals surface area contributed by atoms with Crippen LogP contribution in [0.5, 0.6) is 11.6 Å². The second kappa shape index (κ2) is 6.96. The first-order valence-electron chi connectivity index (χ1n) is 8.61. The molecule has 0 saturated heterocycles. The van der Waals surface area contributed by atoms with E-state index in [4.69, 9.17) is 4.74 Å². The molecule has 5 heteroatoms. The van der Waals surface area contributed by atoms with Crippen molar-refractivity contribution < 1.29 is 14.4 Å². The van der Waals surface area contributed by atoms with E-state index in [1.165, 1.54) is 4.40 Å². The zero-order valence-electron chi connectivity index (χ0n) is 14.8. The maximum atomic E-state index is 13.3. The molecule has 2 aromatic carbocycles. The molecule has 0 aliphatic carbocycles. The number of hydrogen-bond donors (Lipinski definition) is 0. The molecule has 0 spiro atoms. The molecule has 0 N–H and O–H groups in total. The predicted octanol–water partition coefficient (Wildman–Crippen LogP) is 2.38. The van der Waals surface area contributed by atoms with Gasteiger partial charge in [-0.1, -0.05) is 48.5 Å². The fourth-order valence-corrected chi connectivity index (χ4v) is 3.19. The van der Waals surface area contributed by atoms with Crippen molar-refractivity contribution in [2.24, 2.45) is 0 Å². The van der Waals surface area contributed by atoms with Gasteiger partial charge < -0.3 is 9.84 Å². The summed E-state index contributed by atoms with van der Waals surface area (Å²) in [5.41, 5.74) is 1.99. The quantitative estimate of drug-likeness (QED) is 0.526. The molecule has 0 fully saturated rings. The second-order valence-electron chi connectivity index (χ2n) is 6.21. The van der Waals surface area contributed by atoms with Crippen molar-refractivity contribution in [3.63, 3.8) is 0 Å². The lowest BCUT2D eigenvalue weighted by Gasteiger charge is -2.17. The van der Waals surface area contributed by atoms with Crippen molar-refractivity contribution in [3.8, 4) is 22.8 Å². The Morgan fingerprint density at radius 3 is 2.37 bits per heavy atom. The van der Waals surface area contributed by atoms with Crippen molar-refractivity contribution in [2.45, 2.75) is 6.54 Å². The molecule has 2 aromatic heterocycles. The van der Waals surface area contributed by atoms with E-state index >= 15 is 0 Å². The highest BCUT2D eigenvalue weighted by atomic mass is 16.5. The monoisotopic (exact) mass is 358 g/mol. The van der Waals surface area contributed by atoms with E-state index in [0.717, 1.165) is 11.3 Å². The molecule has 0 radical (unpaired) electrons. The van der Waals surface area contributed by atoms with E-state index in [1.807, 2.05) is 48.5 Å². The summed E-state index contributed by atoms with van der Waals surface area (Å²) in [4.78, 5) is 13.0. The summed E-state index contributed by atoms with van der Waals surface area (Å²) in [5, 5.41) is 13.3. The van der Waals surface area contributed by atoms with Crippen LogP contribution < -0.4 is 20.0 Å². The fourth-order valence-electron chi connectivity index (χ4n) is 3.19. The van der Waals surface area contributed by atoms with Gasteiger partial charge in [-0.15, -0.1) is 0 Å². The number of fused-ring (bicyclic) bond motifs is 1. The highest BCUT2D eigenvalue weighted by Crippen LogP contribution is 2.21. The van der Waals surface area contributed by atoms with E-state index in [1.54, 1.807) is 42.1 Å². The van der Waals surface area contributed by atoms with Crippen LogP contribution in [0.15, 0.2) is 83.8 Å². The Hall–Kier alpha value is -3.60. The number of aromatic nitrogens is 2. The van der Waals surface area contributed by atoms with Gasteiger partial charge >= 0.3 is 5.56 Å². The lowest BCUT2D eigenvalue weighted by molar-refractivity contribution is -0.708. The molecular weight excluding hydrogens is 340 g/mol. The van der Waals surface area contributed by atoms with Gasteiger partial charge in [0.25, 0.3) is 5.65 Å². The molecule has 0 bridgehead atoms. The van der Waals surface area contributed by atoms with E-state index in [9.17, 15) is 9.90 Å². The molecule has 0 aliphatic heterocycles. The Morgan fingerprint density at radius 1 is 0.963 bits per heavy atom. The van der Waals surface area contributed by atoms with Gasteiger partial charge in [-0.3, -0.25) is 0 Å². The molecular formula is C22H18N2O3. The second-order valence-corrected chi connectivity index (χ2v) is 6.21. The van der Waals surface area contributed by atoms with Crippen LogP contribution in [0.4, 0.5) is 0 Å². The topological polar surface area (TPSA) is 57.7 Å². The Bertz CT molecular complexity index is 1150. The molecule has 0 saturated carbocycles. The summed E-state index contributed by atoms with van der Waals surface area (Å²) in [6, 6.07) is 22.0. The largest absolute Gasteiger partial charge is 0.842 e. The molecule has 0 atom stereocenters. The third-order valence-corrected chi connectivity index (χ3v) is 4.57. The number of benzene rings is 2. The van der Waals surface area contributed by atoms with Crippen LogP contribution in [0.25, 0.3) is 16.8 Å². The number of ether oxygens (including phenoxy) is 1. The standard InChI is InChI=1S/C22H18N2O3/c1-27-18-12-10-16(11-13-18)15-24-19-9-5-6-14-23(19)21(25)20(22(24)26)17-7-3-2-4-8-17/h2-14H,15H2,1H3. The minimum atomic E-state index is -0.312. The SMILES string of the molecule is COc1ccc(C[n+]2c([O-])c(-c3ccccc3)c(=O)n3ccccc32)cc1. The third kappa shape index (κ3) is 3.04. The molecule has 134 valence electrons. The van der Waals surface area contributed by atoms with Crippen LogP contribution >= 0.6 is 0 Å². The first-order valence-corrected chi connectivity index (χ1v) is 8.61. The van der Waals surface area contributed by atoms with Crippen LogP contribution in [0.2, 0.25) is 0 Å². The van der Waals surface area contributed by atoms with Crippen molar-refractivity contribution in [1.82, 2.24) is 4.40 Å². The van der Waals surface area contributed by atoms with Crippen molar-refractivity contribution in [2.75, 3.05) is 7.11 Å². The fraction of sp³-hybridized carbons (Fsp3) is 0.0909. The Labute approximate surface area is 156 Å². The van der Waals surface area contributed by atoms with E-state index < -0.39 is 0 Å². The summed E-state index contributed by atoms with van der Waals surface area (Å²) < 4.78 is 8.34. The zero-order valence-corrected chi connectivity index (χ0v) is 14.8. The predicted molar refractivity (Wildman–Crippen MR) is 101 cm³/mol. The molecule has 4 aromatic rings. The van der Waals surface area contributed by atoms with Gasteiger partial charge in [0.1, 0.15) is 17.9 Å². The highest BCUT2D eigenvalue weighted by Gasteiger charge is 2.19. The van der Waals surface area contributed by atoms with Gasteiger partial charge in [0.15, 0.2) is 0 Å². The first-order chi connectivity index (χ1) is 13.2. The molecule has 27 heavy (non-hydrogen) atoms. The summed E-state index contributed by atoms with van der Waals surface area (Å²) in [5.74, 6) is 0.457. The van der Waals surface area contributed by atoms with Crippen LogP contribution in [0, 0.1) is 0 Å². The highest BCUT2D eigenvalue weighted by molar-refractivity contribution is 5.66. The summed E-state index contributed by atoms with van der Waals surface area (Å²) in [6.45, 7) is 0.358. The van der Waals surface area contributed by atoms with Gasteiger partial charge in [0.2, 0.25) is 0 Å². The summed E-state index contributed by atoms with van der Waals surface area (Å²) in [6.07, 6.45) is 1.69. The van der Waals surface area contributed by atoms with Crippen LogP contribution in [0.1, 0.15) is 5.56 Å². The van der Waals surface area contributed by atoms with Crippen molar-refractivity contribution in [3.05, 3.63) is 94.9 Å². The Balaban J connectivity index is 1.94. The molecule has 4 rings (SSSR count). The minimum absolute atomic E-state index is 0.174. The normalized spacial score (nSPS) is 10.9. The molecule has 0 amide bonds. The van der Waals surface area contributed by atoms with Gasteiger partial charge in [-0.05, 0) is 29.3 Å². The van der Waals surface area contributed by atoms with Gasteiger partial charge in [-0.25, -0.2) is 9.36 Å². The maximum Gasteiger partial charge on any atom is 0.349 e. The first kappa shape index (κ1) is 16.8.